The second-order valence-corrected chi connectivity index (χ2v) is 11.1. The van der Waals surface area contributed by atoms with Gasteiger partial charge in [0.05, 0.1) is 26.8 Å². The van der Waals surface area contributed by atoms with Gasteiger partial charge in [0.15, 0.2) is 0 Å². The average molecular weight is 751 g/mol. The zero-order valence-corrected chi connectivity index (χ0v) is 22.8. The number of aromatic hydroxyl groups is 1. The number of rotatable bonds is 6. The van der Waals surface area contributed by atoms with Crippen LogP contribution in [-0.2, 0) is 9.53 Å². The Morgan fingerprint density at radius 3 is 1.90 bits per heavy atom. The molecule has 162 valence electrons. The summed E-state index contributed by atoms with van der Waals surface area (Å²) in [6.45, 7) is 5.16. The average Bonchev–Trinajstić information content (AvgIpc) is 2.67. The number of halogens is 3. The van der Waals surface area contributed by atoms with Gasteiger partial charge >= 0.3 is 12.1 Å². The predicted octanol–water partition coefficient (Wildman–Crippen LogP) is 6.46. The monoisotopic (exact) mass is 751 g/mol. The van der Waals surface area contributed by atoms with E-state index in [0.717, 1.165) is 3.11 Å². The predicted molar refractivity (Wildman–Crippen MR) is 138 cm³/mol. The molecule has 0 aliphatic carbocycles. The van der Waals surface area contributed by atoms with Crippen molar-refractivity contribution in [2.45, 2.75) is 33.8 Å². The number of carboxylic acid groups (broad SMARTS) is 1. The van der Waals surface area contributed by atoms with Crippen LogP contribution < -0.4 is 4.74 Å². The van der Waals surface area contributed by atoms with E-state index in [-0.39, 0.29) is 5.75 Å². The molecular formula is C20H20I3NO6. The minimum atomic E-state index is -1.58. The maximum atomic E-state index is 12.5. The van der Waals surface area contributed by atoms with E-state index < -0.39 is 25.1 Å². The van der Waals surface area contributed by atoms with Gasteiger partial charge in [0.2, 0.25) is 3.55 Å². The number of benzene rings is 2. The SMILES string of the molecule is CC(C)(C)OC(=O)N(I)[C@](I)(C(=O)O)C(I)c1ccc(Oc2ccc(O)cc2)cc1. The molecule has 2 atom stereocenters. The van der Waals surface area contributed by atoms with Crippen LogP contribution in [0.2, 0.25) is 0 Å². The molecule has 2 N–H and O–H groups in total. The fourth-order valence-corrected chi connectivity index (χ4v) is 4.94. The molecule has 2 aromatic carbocycles. The number of carbonyl (C=O) groups excluding carboxylic acids is 1. The zero-order valence-electron chi connectivity index (χ0n) is 16.3. The summed E-state index contributed by atoms with van der Waals surface area (Å²) in [6, 6.07) is 13.3. The van der Waals surface area contributed by atoms with Crippen molar-refractivity contribution in [1.82, 2.24) is 3.11 Å². The van der Waals surface area contributed by atoms with E-state index in [0.29, 0.717) is 17.1 Å². The first-order valence-corrected chi connectivity index (χ1v) is 12.0. The number of alkyl halides is 2. The molecule has 0 aliphatic rings. The van der Waals surface area contributed by atoms with Crippen LogP contribution in [0.4, 0.5) is 4.79 Å². The van der Waals surface area contributed by atoms with E-state index in [9.17, 15) is 19.8 Å². The van der Waals surface area contributed by atoms with Gasteiger partial charge in [-0.25, -0.2) is 12.7 Å². The van der Waals surface area contributed by atoms with E-state index in [4.69, 9.17) is 9.47 Å². The van der Waals surface area contributed by atoms with Crippen LogP contribution in [0, 0.1) is 0 Å². The van der Waals surface area contributed by atoms with Gasteiger partial charge in [-0.3, -0.25) is 0 Å². The van der Waals surface area contributed by atoms with Crippen molar-refractivity contribution in [3.63, 3.8) is 0 Å². The summed E-state index contributed by atoms with van der Waals surface area (Å²) in [5, 5.41) is 19.3. The largest absolute Gasteiger partial charge is 0.508 e. The van der Waals surface area contributed by atoms with Gasteiger partial charge in [0.1, 0.15) is 22.8 Å². The molecular weight excluding hydrogens is 731 g/mol. The van der Waals surface area contributed by atoms with Crippen LogP contribution in [0.3, 0.4) is 0 Å². The first kappa shape index (κ1) is 25.2. The molecule has 0 aromatic heterocycles. The molecule has 0 aliphatic heterocycles. The van der Waals surface area contributed by atoms with Crippen LogP contribution >= 0.6 is 68.0 Å². The third-order valence-corrected chi connectivity index (χ3v) is 10.2. The van der Waals surface area contributed by atoms with E-state index in [2.05, 4.69) is 0 Å². The number of hydrogen-bond donors (Lipinski definition) is 2. The third-order valence-electron chi connectivity index (χ3n) is 3.72. The lowest BCUT2D eigenvalue weighted by Gasteiger charge is -2.36. The number of nitrogens with zero attached hydrogens (tertiary/aromatic N) is 1. The Morgan fingerprint density at radius 1 is 1.00 bits per heavy atom. The molecule has 1 amide bonds. The summed E-state index contributed by atoms with van der Waals surface area (Å²) >= 11 is 5.48. The molecule has 1 unspecified atom stereocenters. The number of hydrogen-bond acceptors (Lipinski definition) is 5. The highest BCUT2D eigenvalue weighted by atomic mass is 127. The van der Waals surface area contributed by atoms with Crippen molar-refractivity contribution in [1.29, 1.82) is 0 Å². The van der Waals surface area contributed by atoms with Gasteiger partial charge < -0.3 is 19.7 Å². The minimum absolute atomic E-state index is 0.144. The van der Waals surface area contributed by atoms with E-state index >= 15 is 0 Å². The quantitative estimate of drug-likeness (QED) is 0.152. The van der Waals surface area contributed by atoms with Crippen molar-refractivity contribution in [3.05, 3.63) is 54.1 Å². The lowest BCUT2D eigenvalue weighted by molar-refractivity contribution is -0.141. The molecule has 0 saturated heterocycles. The Balaban J connectivity index is 2.24. The summed E-state index contributed by atoms with van der Waals surface area (Å²) in [5.41, 5.74) is -0.0412. The fraction of sp³-hybridized carbons (Fsp3) is 0.300. The Labute approximate surface area is 215 Å². The van der Waals surface area contributed by atoms with Crippen LogP contribution in [0.25, 0.3) is 0 Å². The summed E-state index contributed by atoms with van der Waals surface area (Å²) in [5.74, 6) is 0.0997. The van der Waals surface area contributed by atoms with Crippen molar-refractivity contribution in [2.24, 2.45) is 0 Å². The molecule has 0 heterocycles. The van der Waals surface area contributed by atoms with Crippen LogP contribution in [-0.4, -0.2) is 34.5 Å². The smallest absolute Gasteiger partial charge is 0.420 e. The van der Waals surface area contributed by atoms with E-state index in [1.54, 1.807) is 103 Å². The van der Waals surface area contributed by atoms with Gasteiger partial charge in [-0.05, 0) is 85.3 Å². The van der Waals surface area contributed by atoms with Crippen LogP contribution in [0.5, 0.6) is 17.2 Å². The normalized spacial score (nSPS) is 14.3. The first-order valence-electron chi connectivity index (χ1n) is 8.67. The second-order valence-electron chi connectivity index (χ2n) is 7.27. The highest BCUT2D eigenvalue weighted by molar-refractivity contribution is 14.1. The maximum Gasteiger partial charge on any atom is 0.420 e. The molecule has 0 fully saturated rings. The van der Waals surface area contributed by atoms with Crippen molar-refractivity contribution in [2.75, 3.05) is 0 Å². The summed E-state index contributed by atoms with van der Waals surface area (Å²) in [7, 11) is 0. The Kier molecular flexibility index (Phi) is 8.46. The lowest BCUT2D eigenvalue weighted by atomic mass is 10.1. The van der Waals surface area contributed by atoms with E-state index in [1.165, 1.54) is 12.1 Å². The minimum Gasteiger partial charge on any atom is -0.508 e. The topological polar surface area (TPSA) is 96.3 Å². The molecule has 0 radical (unpaired) electrons. The van der Waals surface area contributed by atoms with Gasteiger partial charge in [-0.1, -0.05) is 34.7 Å². The highest BCUT2D eigenvalue weighted by Gasteiger charge is 2.51. The summed E-state index contributed by atoms with van der Waals surface area (Å²) < 4.78 is 9.98. The number of amides is 1. The summed E-state index contributed by atoms with van der Waals surface area (Å²) in [4.78, 5) is 24.7. The first-order chi connectivity index (χ1) is 13.8. The number of aliphatic carboxylic acids is 1. The van der Waals surface area contributed by atoms with Crippen molar-refractivity contribution >= 4 is 80.1 Å². The number of ether oxygens (including phenoxy) is 2. The third kappa shape index (κ3) is 6.24. The van der Waals surface area contributed by atoms with Crippen LogP contribution in [0.15, 0.2) is 48.5 Å². The molecule has 0 saturated carbocycles. The van der Waals surface area contributed by atoms with Crippen molar-refractivity contribution < 1.29 is 29.3 Å². The van der Waals surface area contributed by atoms with E-state index in [1.807, 2.05) is 22.6 Å². The maximum absolute atomic E-state index is 12.5. The lowest BCUT2D eigenvalue weighted by Crippen LogP contribution is -2.51. The zero-order chi connectivity index (χ0) is 22.7. The van der Waals surface area contributed by atoms with Crippen molar-refractivity contribution in [3.8, 4) is 17.2 Å². The molecule has 2 rings (SSSR count). The number of carboxylic acids is 1. The van der Waals surface area contributed by atoms with Gasteiger partial charge in [0, 0.05) is 0 Å². The summed E-state index contributed by atoms with van der Waals surface area (Å²) in [6.07, 6.45) is -0.728. The number of phenols is 1. The second kappa shape index (κ2) is 10.1. The molecule has 0 spiro atoms. The van der Waals surface area contributed by atoms with Gasteiger partial charge in [0.25, 0.3) is 0 Å². The van der Waals surface area contributed by atoms with Gasteiger partial charge in [-0.15, -0.1) is 0 Å². The highest BCUT2D eigenvalue weighted by Crippen LogP contribution is 2.47. The molecule has 30 heavy (non-hydrogen) atoms. The molecule has 2 aromatic rings. The standard InChI is InChI=1S/C20H20I3NO6/c1-19(2,3)30-18(28)24(23)20(22,17(26)27)16(21)12-4-8-14(9-5-12)29-15-10-6-13(25)7-11-15/h4-11,16,25H,1-3H3,(H,26,27)/t16?,20-/m0/s1. The van der Waals surface area contributed by atoms with Crippen LogP contribution in [0.1, 0.15) is 30.3 Å². The number of phenolic OH excluding ortho intramolecular Hbond substituents is 1. The Bertz CT molecular complexity index is 898. The fourth-order valence-electron chi connectivity index (χ4n) is 2.30. The Morgan fingerprint density at radius 2 is 1.47 bits per heavy atom. The Hall–Kier alpha value is -1.03. The molecule has 7 nitrogen and oxygen atoms in total. The number of carbonyl (C=O) groups is 2. The molecule has 0 bridgehead atoms. The molecule has 10 heteroatoms. The van der Waals surface area contributed by atoms with Gasteiger partial charge in [-0.2, -0.15) is 0 Å².